The Morgan fingerprint density at radius 3 is 2.80 bits per heavy atom. The van der Waals surface area contributed by atoms with Crippen LogP contribution in [0.25, 0.3) is 0 Å². The number of rotatable bonds is 4. The van der Waals surface area contributed by atoms with Gasteiger partial charge in [-0.2, -0.15) is 0 Å². The second-order valence-corrected chi connectivity index (χ2v) is 5.76. The van der Waals surface area contributed by atoms with E-state index in [2.05, 4.69) is 41.5 Å². The summed E-state index contributed by atoms with van der Waals surface area (Å²) in [6.07, 6.45) is 6.71. The first kappa shape index (κ1) is 13.3. The molecule has 0 bridgehead atoms. The Balaban J connectivity index is 1.81. The van der Waals surface area contributed by atoms with Gasteiger partial charge in [0.05, 0.1) is 11.7 Å². The molecule has 0 saturated carbocycles. The summed E-state index contributed by atoms with van der Waals surface area (Å²) < 4.78 is 0. The molecule has 3 rings (SSSR count). The zero-order valence-electron chi connectivity index (χ0n) is 12.3. The molecule has 0 amide bonds. The first-order valence-electron chi connectivity index (χ1n) is 7.47. The molecule has 1 unspecified atom stereocenters. The third-order valence-corrected chi connectivity index (χ3v) is 4.24. The molecule has 0 aliphatic heterocycles. The van der Waals surface area contributed by atoms with E-state index in [-0.39, 0.29) is 6.04 Å². The Morgan fingerprint density at radius 1 is 1.15 bits per heavy atom. The maximum atomic E-state index is 4.52. The summed E-state index contributed by atoms with van der Waals surface area (Å²) in [5, 5.41) is 3.40. The van der Waals surface area contributed by atoms with Crippen LogP contribution in [0.4, 0.5) is 0 Å². The number of hydrogen-bond donors (Lipinski definition) is 1. The number of hydrogen-bond acceptors (Lipinski definition) is 2. The van der Waals surface area contributed by atoms with Gasteiger partial charge in [-0.15, -0.1) is 0 Å². The van der Waals surface area contributed by atoms with Crippen molar-refractivity contribution in [3.63, 3.8) is 0 Å². The first-order chi connectivity index (χ1) is 9.76. The number of aromatic nitrogens is 1. The van der Waals surface area contributed by atoms with E-state index in [1.165, 1.54) is 30.4 Å². The molecule has 2 heteroatoms. The molecule has 1 aliphatic rings. The van der Waals surface area contributed by atoms with Crippen LogP contribution >= 0.6 is 0 Å². The Labute approximate surface area is 121 Å². The average molecular weight is 266 g/mol. The van der Waals surface area contributed by atoms with E-state index in [9.17, 15) is 0 Å². The first-order valence-corrected chi connectivity index (χ1v) is 7.47. The lowest BCUT2D eigenvalue weighted by Gasteiger charge is -2.17. The Kier molecular flexibility index (Phi) is 3.83. The third kappa shape index (κ3) is 2.75. The summed E-state index contributed by atoms with van der Waals surface area (Å²) >= 11 is 0. The van der Waals surface area contributed by atoms with Gasteiger partial charge < -0.3 is 5.32 Å². The Bertz CT molecular complexity index is 604. The number of pyridine rings is 1. The molecule has 1 heterocycles. The molecule has 0 fully saturated rings. The molecule has 0 spiro atoms. The van der Waals surface area contributed by atoms with Crippen molar-refractivity contribution in [1.82, 2.24) is 10.3 Å². The molecule has 0 radical (unpaired) electrons. The third-order valence-electron chi connectivity index (χ3n) is 4.24. The number of benzene rings is 1. The van der Waals surface area contributed by atoms with E-state index in [1.807, 2.05) is 19.3 Å². The van der Waals surface area contributed by atoms with Gasteiger partial charge in [-0.3, -0.25) is 4.98 Å². The van der Waals surface area contributed by atoms with Crippen LogP contribution in [0, 0.1) is 6.92 Å². The quantitative estimate of drug-likeness (QED) is 0.917. The van der Waals surface area contributed by atoms with E-state index in [0.29, 0.717) is 0 Å². The molecule has 0 saturated heterocycles. The van der Waals surface area contributed by atoms with Gasteiger partial charge in [-0.05, 0) is 74.0 Å². The number of likely N-dealkylation sites (N-methyl/N-ethyl adjacent to an activating group) is 1. The molecule has 1 aliphatic carbocycles. The predicted molar refractivity (Wildman–Crippen MR) is 82.9 cm³/mol. The molecule has 2 nitrogen and oxygen atoms in total. The van der Waals surface area contributed by atoms with Crippen molar-refractivity contribution in [3.8, 4) is 0 Å². The number of fused-ring (bicyclic) bond motifs is 1. The van der Waals surface area contributed by atoms with Crippen LogP contribution in [0.5, 0.6) is 0 Å². The van der Waals surface area contributed by atoms with E-state index >= 15 is 0 Å². The lowest BCUT2D eigenvalue weighted by atomic mass is 9.98. The molecule has 1 atom stereocenters. The van der Waals surface area contributed by atoms with Crippen molar-refractivity contribution in [2.75, 3.05) is 7.05 Å². The highest BCUT2D eigenvalue weighted by molar-refractivity contribution is 5.36. The van der Waals surface area contributed by atoms with E-state index in [4.69, 9.17) is 0 Å². The zero-order chi connectivity index (χ0) is 13.9. The topological polar surface area (TPSA) is 24.9 Å². The van der Waals surface area contributed by atoms with Crippen LogP contribution in [0.3, 0.4) is 0 Å². The Hall–Kier alpha value is -1.67. The lowest BCUT2D eigenvalue weighted by molar-refractivity contribution is 0.575. The molecular formula is C18H22N2. The summed E-state index contributed by atoms with van der Waals surface area (Å²) in [5.41, 5.74) is 6.91. The van der Waals surface area contributed by atoms with Gasteiger partial charge in [0.1, 0.15) is 0 Å². The van der Waals surface area contributed by atoms with Crippen molar-refractivity contribution in [2.24, 2.45) is 0 Å². The fraction of sp³-hybridized carbons (Fsp3) is 0.389. The zero-order valence-corrected chi connectivity index (χ0v) is 12.3. The van der Waals surface area contributed by atoms with Crippen LogP contribution in [0.2, 0.25) is 0 Å². The standard InChI is InChI=1S/C18H22N2/c1-13-8-9-20-18(10-13)17(19-2)12-14-6-7-15-4-3-5-16(15)11-14/h6-11,17,19H,3-5,12H2,1-2H3. The van der Waals surface area contributed by atoms with Gasteiger partial charge in [0.15, 0.2) is 0 Å². The number of nitrogens with zero attached hydrogens (tertiary/aromatic N) is 1. The molecular weight excluding hydrogens is 244 g/mol. The molecule has 1 N–H and O–H groups in total. The Morgan fingerprint density at radius 2 is 2.00 bits per heavy atom. The monoisotopic (exact) mass is 266 g/mol. The normalized spacial score (nSPS) is 15.1. The van der Waals surface area contributed by atoms with E-state index < -0.39 is 0 Å². The maximum Gasteiger partial charge on any atom is 0.0579 e. The maximum absolute atomic E-state index is 4.52. The average Bonchev–Trinajstić information content (AvgIpc) is 2.92. The number of aryl methyl sites for hydroxylation is 3. The van der Waals surface area contributed by atoms with Gasteiger partial charge in [-0.1, -0.05) is 18.2 Å². The summed E-state index contributed by atoms with van der Waals surface area (Å²) in [6, 6.07) is 11.5. The molecule has 2 aromatic rings. The van der Waals surface area contributed by atoms with Crippen molar-refractivity contribution >= 4 is 0 Å². The fourth-order valence-electron chi connectivity index (χ4n) is 3.09. The fourth-order valence-corrected chi connectivity index (χ4v) is 3.09. The second kappa shape index (κ2) is 5.76. The predicted octanol–water partition coefficient (Wildman–Crippen LogP) is 3.38. The van der Waals surface area contributed by atoms with Crippen molar-refractivity contribution in [1.29, 1.82) is 0 Å². The second-order valence-electron chi connectivity index (χ2n) is 5.76. The molecule has 1 aromatic heterocycles. The van der Waals surface area contributed by atoms with Gasteiger partial charge >= 0.3 is 0 Å². The van der Waals surface area contributed by atoms with Gasteiger partial charge in [0.2, 0.25) is 0 Å². The van der Waals surface area contributed by atoms with Gasteiger partial charge in [0.25, 0.3) is 0 Å². The van der Waals surface area contributed by atoms with Crippen LogP contribution in [0.15, 0.2) is 36.5 Å². The minimum atomic E-state index is 0.286. The van der Waals surface area contributed by atoms with Gasteiger partial charge in [0, 0.05) is 6.20 Å². The van der Waals surface area contributed by atoms with Crippen molar-refractivity contribution in [2.45, 2.75) is 38.6 Å². The van der Waals surface area contributed by atoms with Crippen LogP contribution < -0.4 is 5.32 Å². The van der Waals surface area contributed by atoms with Crippen LogP contribution in [0.1, 0.15) is 40.4 Å². The minimum absolute atomic E-state index is 0.286. The van der Waals surface area contributed by atoms with Crippen LogP contribution in [-0.4, -0.2) is 12.0 Å². The lowest BCUT2D eigenvalue weighted by Crippen LogP contribution is -2.20. The summed E-state index contributed by atoms with van der Waals surface area (Å²) in [6.45, 7) is 2.12. The highest BCUT2D eigenvalue weighted by atomic mass is 14.9. The summed E-state index contributed by atoms with van der Waals surface area (Å²) in [5.74, 6) is 0. The molecule has 1 aromatic carbocycles. The smallest absolute Gasteiger partial charge is 0.0579 e. The van der Waals surface area contributed by atoms with E-state index in [1.54, 1.807) is 11.1 Å². The molecule has 104 valence electrons. The van der Waals surface area contributed by atoms with E-state index in [0.717, 1.165) is 12.1 Å². The van der Waals surface area contributed by atoms with Crippen LogP contribution in [-0.2, 0) is 19.3 Å². The minimum Gasteiger partial charge on any atom is -0.311 e. The largest absolute Gasteiger partial charge is 0.311 e. The van der Waals surface area contributed by atoms with Gasteiger partial charge in [-0.25, -0.2) is 0 Å². The van der Waals surface area contributed by atoms with Crippen molar-refractivity contribution in [3.05, 3.63) is 64.5 Å². The highest BCUT2D eigenvalue weighted by Gasteiger charge is 2.15. The summed E-state index contributed by atoms with van der Waals surface area (Å²) in [7, 11) is 2.02. The SMILES string of the molecule is CNC(Cc1ccc2c(c1)CCC2)c1cc(C)ccn1. The molecule has 20 heavy (non-hydrogen) atoms. The van der Waals surface area contributed by atoms with Crippen molar-refractivity contribution < 1.29 is 0 Å². The highest BCUT2D eigenvalue weighted by Crippen LogP contribution is 2.25. The number of nitrogens with one attached hydrogen (secondary N) is 1. The summed E-state index contributed by atoms with van der Waals surface area (Å²) in [4.78, 5) is 4.52.